The molecule has 0 spiro atoms. The number of hydrogen-bond donors (Lipinski definition) is 1. The van der Waals surface area contributed by atoms with Gasteiger partial charge in [-0.05, 0) is 46.5 Å². The van der Waals surface area contributed by atoms with Crippen molar-refractivity contribution in [2.45, 2.75) is 18.3 Å². The monoisotopic (exact) mass is 273 g/mol. The summed E-state index contributed by atoms with van der Waals surface area (Å²) in [4.78, 5) is 0. The van der Waals surface area contributed by atoms with Gasteiger partial charge in [-0.3, -0.25) is 0 Å². The SMILES string of the molecule is COc1cc(C2(CN)CC2)cc(F)c1Br. The molecule has 1 saturated carbocycles. The Morgan fingerprint density at radius 1 is 1.53 bits per heavy atom. The lowest BCUT2D eigenvalue weighted by Crippen LogP contribution is -2.20. The van der Waals surface area contributed by atoms with Crippen LogP contribution in [-0.4, -0.2) is 13.7 Å². The van der Waals surface area contributed by atoms with Crippen LogP contribution in [-0.2, 0) is 5.41 Å². The average Bonchev–Trinajstić information content (AvgIpc) is 3.02. The van der Waals surface area contributed by atoms with E-state index in [4.69, 9.17) is 10.5 Å². The summed E-state index contributed by atoms with van der Waals surface area (Å²) in [5.41, 5.74) is 6.65. The van der Waals surface area contributed by atoms with E-state index in [1.54, 1.807) is 6.07 Å². The van der Waals surface area contributed by atoms with E-state index in [0.29, 0.717) is 16.8 Å². The summed E-state index contributed by atoms with van der Waals surface area (Å²) in [5, 5.41) is 0. The van der Waals surface area contributed by atoms with Gasteiger partial charge >= 0.3 is 0 Å². The van der Waals surface area contributed by atoms with Crippen LogP contribution in [0.15, 0.2) is 16.6 Å². The van der Waals surface area contributed by atoms with Crippen molar-refractivity contribution in [3.63, 3.8) is 0 Å². The average molecular weight is 274 g/mol. The molecule has 2 N–H and O–H groups in total. The van der Waals surface area contributed by atoms with E-state index >= 15 is 0 Å². The molecule has 1 fully saturated rings. The molecule has 4 heteroatoms. The molecular formula is C11H13BrFNO. The number of benzene rings is 1. The summed E-state index contributed by atoms with van der Waals surface area (Å²) >= 11 is 3.15. The third-order valence-electron chi connectivity index (χ3n) is 3.07. The van der Waals surface area contributed by atoms with Gasteiger partial charge in [0.2, 0.25) is 0 Å². The first kappa shape index (κ1) is 10.9. The Bertz CT molecular complexity index is 390. The van der Waals surface area contributed by atoms with E-state index in [2.05, 4.69) is 15.9 Å². The van der Waals surface area contributed by atoms with Gasteiger partial charge in [0, 0.05) is 12.0 Å². The van der Waals surface area contributed by atoms with Crippen LogP contribution in [0.25, 0.3) is 0 Å². The normalized spacial score (nSPS) is 17.6. The van der Waals surface area contributed by atoms with E-state index in [9.17, 15) is 4.39 Å². The van der Waals surface area contributed by atoms with Gasteiger partial charge in [-0.25, -0.2) is 4.39 Å². The van der Waals surface area contributed by atoms with Crippen LogP contribution in [0.5, 0.6) is 5.75 Å². The molecule has 1 aromatic carbocycles. The zero-order chi connectivity index (χ0) is 11.1. The lowest BCUT2D eigenvalue weighted by Gasteiger charge is -2.15. The van der Waals surface area contributed by atoms with Crippen LogP contribution in [0.4, 0.5) is 4.39 Å². The van der Waals surface area contributed by atoms with Gasteiger partial charge in [-0.2, -0.15) is 0 Å². The van der Waals surface area contributed by atoms with Crippen LogP contribution < -0.4 is 10.5 Å². The van der Waals surface area contributed by atoms with Crippen molar-refractivity contribution >= 4 is 15.9 Å². The predicted molar refractivity (Wildman–Crippen MR) is 60.6 cm³/mol. The second kappa shape index (κ2) is 3.76. The van der Waals surface area contributed by atoms with Gasteiger partial charge in [0.1, 0.15) is 11.6 Å². The molecule has 0 amide bonds. The van der Waals surface area contributed by atoms with Gasteiger partial charge < -0.3 is 10.5 Å². The van der Waals surface area contributed by atoms with E-state index in [0.717, 1.165) is 18.4 Å². The smallest absolute Gasteiger partial charge is 0.141 e. The fourth-order valence-corrected chi connectivity index (χ4v) is 2.17. The van der Waals surface area contributed by atoms with Crippen molar-refractivity contribution in [1.82, 2.24) is 0 Å². The summed E-state index contributed by atoms with van der Waals surface area (Å²) < 4.78 is 19.0. The lowest BCUT2D eigenvalue weighted by molar-refractivity contribution is 0.406. The Morgan fingerprint density at radius 2 is 2.20 bits per heavy atom. The van der Waals surface area contributed by atoms with Crippen molar-refractivity contribution < 1.29 is 9.13 Å². The van der Waals surface area contributed by atoms with Gasteiger partial charge in [-0.1, -0.05) is 0 Å². The Morgan fingerprint density at radius 3 is 2.67 bits per heavy atom. The highest BCUT2D eigenvalue weighted by Gasteiger charge is 2.43. The molecule has 0 aromatic heterocycles. The van der Waals surface area contributed by atoms with E-state index < -0.39 is 0 Å². The largest absolute Gasteiger partial charge is 0.495 e. The number of halogens is 2. The minimum absolute atomic E-state index is 0.00514. The Balaban J connectivity index is 2.46. The maximum absolute atomic E-state index is 13.6. The zero-order valence-corrected chi connectivity index (χ0v) is 10.1. The molecule has 2 rings (SSSR count). The van der Waals surface area contributed by atoms with Crippen LogP contribution in [0.2, 0.25) is 0 Å². The number of nitrogens with two attached hydrogens (primary N) is 1. The molecule has 0 heterocycles. The van der Waals surface area contributed by atoms with Crippen LogP contribution in [0.1, 0.15) is 18.4 Å². The van der Waals surface area contributed by atoms with Gasteiger partial charge in [-0.15, -0.1) is 0 Å². The molecule has 0 bridgehead atoms. The van der Waals surface area contributed by atoms with Crippen LogP contribution in [0.3, 0.4) is 0 Å². The molecule has 1 aliphatic rings. The highest BCUT2D eigenvalue weighted by Crippen LogP contribution is 2.49. The fourth-order valence-electron chi connectivity index (χ4n) is 1.78. The van der Waals surface area contributed by atoms with Crippen molar-refractivity contribution in [1.29, 1.82) is 0 Å². The molecule has 0 unspecified atom stereocenters. The molecule has 0 radical (unpaired) electrons. The summed E-state index contributed by atoms with van der Waals surface area (Å²) in [5.74, 6) is 0.244. The third kappa shape index (κ3) is 1.76. The first-order valence-corrected chi connectivity index (χ1v) is 5.66. The third-order valence-corrected chi connectivity index (χ3v) is 3.84. The molecule has 1 aliphatic carbocycles. The summed E-state index contributed by atoms with van der Waals surface area (Å²) in [6.07, 6.45) is 2.07. The van der Waals surface area contributed by atoms with Gasteiger partial charge in [0.15, 0.2) is 0 Å². The topological polar surface area (TPSA) is 35.2 Å². The fraction of sp³-hybridized carbons (Fsp3) is 0.455. The van der Waals surface area contributed by atoms with Crippen LogP contribution >= 0.6 is 15.9 Å². The Labute approximate surface area is 96.7 Å². The van der Waals surface area contributed by atoms with Crippen LogP contribution in [0, 0.1) is 5.82 Å². The first-order chi connectivity index (χ1) is 7.13. The molecule has 0 atom stereocenters. The maximum Gasteiger partial charge on any atom is 0.141 e. The molecule has 82 valence electrons. The lowest BCUT2D eigenvalue weighted by atomic mass is 9.96. The standard InChI is InChI=1S/C11H13BrFNO/c1-15-9-5-7(4-8(13)10(9)12)11(6-14)2-3-11/h4-5H,2-3,6,14H2,1H3. The quantitative estimate of drug-likeness (QED) is 0.919. The second-order valence-corrected chi connectivity index (χ2v) is 4.75. The Kier molecular flexibility index (Phi) is 2.73. The van der Waals surface area contributed by atoms with E-state index in [1.807, 2.05) is 6.07 Å². The maximum atomic E-state index is 13.6. The highest BCUT2D eigenvalue weighted by atomic mass is 79.9. The number of hydrogen-bond acceptors (Lipinski definition) is 2. The molecule has 1 aromatic rings. The predicted octanol–water partition coefficient (Wildman–Crippen LogP) is 2.59. The Hall–Kier alpha value is -0.610. The van der Waals surface area contributed by atoms with Gasteiger partial charge in [0.05, 0.1) is 11.6 Å². The minimum atomic E-state index is -0.288. The molecule has 15 heavy (non-hydrogen) atoms. The van der Waals surface area contributed by atoms with Crippen molar-refractivity contribution in [2.75, 3.05) is 13.7 Å². The second-order valence-electron chi connectivity index (χ2n) is 3.96. The zero-order valence-electron chi connectivity index (χ0n) is 8.52. The van der Waals surface area contributed by atoms with Crippen molar-refractivity contribution in [3.05, 3.63) is 28.0 Å². The van der Waals surface area contributed by atoms with E-state index in [1.165, 1.54) is 7.11 Å². The summed E-state index contributed by atoms with van der Waals surface area (Å²) in [7, 11) is 1.53. The number of ether oxygens (including phenoxy) is 1. The summed E-state index contributed by atoms with van der Waals surface area (Å²) in [6.45, 7) is 0.567. The van der Waals surface area contributed by atoms with Gasteiger partial charge in [0.25, 0.3) is 0 Å². The highest BCUT2D eigenvalue weighted by molar-refractivity contribution is 9.10. The molecule has 0 aliphatic heterocycles. The van der Waals surface area contributed by atoms with Crippen molar-refractivity contribution in [3.8, 4) is 5.75 Å². The molecule has 2 nitrogen and oxygen atoms in total. The summed E-state index contributed by atoms with van der Waals surface area (Å²) in [6, 6.07) is 3.42. The van der Waals surface area contributed by atoms with Crippen molar-refractivity contribution in [2.24, 2.45) is 5.73 Å². The molecular weight excluding hydrogens is 261 g/mol. The minimum Gasteiger partial charge on any atom is -0.495 e. The number of rotatable bonds is 3. The van der Waals surface area contributed by atoms with E-state index in [-0.39, 0.29) is 11.2 Å². The molecule has 0 saturated heterocycles. The first-order valence-electron chi connectivity index (χ1n) is 4.86. The number of methoxy groups -OCH3 is 1.